The van der Waals surface area contributed by atoms with Gasteiger partial charge in [0.25, 0.3) is 0 Å². The summed E-state index contributed by atoms with van der Waals surface area (Å²) < 4.78 is 10.8. The van der Waals surface area contributed by atoms with Gasteiger partial charge in [-0.1, -0.05) is 11.6 Å². The lowest BCUT2D eigenvalue weighted by Crippen LogP contribution is -2.24. The van der Waals surface area contributed by atoms with Crippen LogP contribution in [0.25, 0.3) is 0 Å². The van der Waals surface area contributed by atoms with Gasteiger partial charge in [-0.15, -0.1) is 0 Å². The molecule has 16 heavy (non-hydrogen) atoms. The van der Waals surface area contributed by atoms with Crippen LogP contribution in [0, 0.1) is 0 Å². The van der Waals surface area contributed by atoms with Crippen LogP contribution in [-0.4, -0.2) is 29.3 Å². The predicted molar refractivity (Wildman–Crippen MR) is 62.4 cm³/mol. The van der Waals surface area contributed by atoms with Crippen molar-refractivity contribution in [1.29, 1.82) is 0 Å². The summed E-state index contributed by atoms with van der Waals surface area (Å²) in [5, 5.41) is 0.393. The highest BCUT2D eigenvalue weighted by atomic mass is 35.5. The number of halogens is 1. The highest BCUT2D eigenvalue weighted by Gasteiger charge is 2.15. The van der Waals surface area contributed by atoms with Gasteiger partial charge < -0.3 is 9.47 Å². The molecular weight excluding hydrogens is 228 g/mol. The van der Waals surface area contributed by atoms with E-state index in [1.54, 1.807) is 13.3 Å². The third kappa shape index (κ3) is 4.88. The Labute approximate surface area is 101 Å². The maximum atomic E-state index is 5.62. The van der Waals surface area contributed by atoms with Gasteiger partial charge in [-0.3, -0.25) is 4.98 Å². The van der Waals surface area contributed by atoms with Crippen molar-refractivity contribution >= 4 is 11.6 Å². The van der Waals surface area contributed by atoms with Crippen LogP contribution >= 0.6 is 11.6 Å². The van der Waals surface area contributed by atoms with Crippen molar-refractivity contribution in [2.45, 2.75) is 32.5 Å². The molecule has 0 amide bonds. The number of aromatic nitrogens is 2. The van der Waals surface area contributed by atoms with Crippen LogP contribution in [0.5, 0.6) is 0 Å². The van der Waals surface area contributed by atoms with Crippen LogP contribution < -0.4 is 0 Å². The Morgan fingerprint density at radius 3 is 2.62 bits per heavy atom. The molecule has 0 aliphatic carbocycles. The minimum Gasteiger partial charge on any atom is -0.379 e. The van der Waals surface area contributed by atoms with E-state index in [-0.39, 0.29) is 5.60 Å². The van der Waals surface area contributed by atoms with Crippen LogP contribution in [0.4, 0.5) is 0 Å². The topological polar surface area (TPSA) is 44.2 Å². The lowest BCUT2D eigenvalue weighted by atomic mass is 10.1. The summed E-state index contributed by atoms with van der Waals surface area (Å²) in [4.78, 5) is 8.00. The molecule has 1 aromatic rings. The zero-order valence-electron chi connectivity index (χ0n) is 9.86. The summed E-state index contributed by atoms with van der Waals surface area (Å²) in [5.74, 6) is 0. The molecule has 5 heteroatoms. The van der Waals surface area contributed by atoms with Crippen LogP contribution in [0.2, 0.25) is 5.15 Å². The van der Waals surface area contributed by atoms with Gasteiger partial charge in [-0.2, -0.15) is 0 Å². The van der Waals surface area contributed by atoms with Gasteiger partial charge in [0, 0.05) is 13.7 Å². The molecule has 0 N–H and O–H groups in total. The average molecular weight is 245 g/mol. The molecule has 4 nitrogen and oxygen atoms in total. The first-order valence-corrected chi connectivity index (χ1v) is 5.50. The Morgan fingerprint density at radius 1 is 1.31 bits per heavy atom. The first-order valence-electron chi connectivity index (χ1n) is 5.13. The van der Waals surface area contributed by atoms with Crippen molar-refractivity contribution in [1.82, 2.24) is 9.97 Å². The number of ether oxygens (including phenoxy) is 2. The van der Waals surface area contributed by atoms with E-state index in [0.717, 1.165) is 12.1 Å². The fourth-order valence-corrected chi connectivity index (χ4v) is 1.11. The Bertz CT molecular complexity index is 314. The summed E-state index contributed by atoms with van der Waals surface area (Å²) in [6.45, 7) is 5.13. The minimum atomic E-state index is -0.147. The summed E-state index contributed by atoms with van der Waals surface area (Å²) in [6.07, 6.45) is 3.97. The number of methoxy groups -OCH3 is 1. The zero-order valence-corrected chi connectivity index (χ0v) is 10.6. The van der Waals surface area contributed by atoms with Crippen molar-refractivity contribution in [2.24, 2.45) is 0 Å². The van der Waals surface area contributed by atoms with E-state index in [4.69, 9.17) is 21.1 Å². The van der Waals surface area contributed by atoms with Crippen molar-refractivity contribution in [3.8, 4) is 0 Å². The first kappa shape index (κ1) is 13.4. The molecule has 1 rings (SSSR count). The highest BCUT2D eigenvalue weighted by molar-refractivity contribution is 6.29. The number of nitrogens with zero attached hydrogens (tertiary/aromatic N) is 2. The molecule has 0 aromatic carbocycles. The van der Waals surface area contributed by atoms with Crippen molar-refractivity contribution in [3.63, 3.8) is 0 Å². The first-order chi connectivity index (χ1) is 7.53. The van der Waals surface area contributed by atoms with E-state index < -0.39 is 0 Å². The molecule has 0 saturated heterocycles. The molecule has 0 unspecified atom stereocenters. The van der Waals surface area contributed by atoms with Gasteiger partial charge in [-0.25, -0.2) is 4.98 Å². The molecule has 0 atom stereocenters. The van der Waals surface area contributed by atoms with Gasteiger partial charge >= 0.3 is 0 Å². The Kier molecular flexibility index (Phi) is 5.12. The monoisotopic (exact) mass is 244 g/mol. The van der Waals surface area contributed by atoms with E-state index in [1.165, 1.54) is 6.20 Å². The van der Waals surface area contributed by atoms with Crippen molar-refractivity contribution < 1.29 is 9.47 Å². The molecule has 0 radical (unpaired) electrons. The van der Waals surface area contributed by atoms with E-state index >= 15 is 0 Å². The van der Waals surface area contributed by atoms with E-state index in [2.05, 4.69) is 9.97 Å². The Balaban J connectivity index is 2.23. The molecule has 1 aromatic heterocycles. The quantitative estimate of drug-likeness (QED) is 0.721. The summed E-state index contributed by atoms with van der Waals surface area (Å²) in [6, 6.07) is 0. The second-order valence-corrected chi connectivity index (χ2v) is 4.48. The predicted octanol–water partition coefficient (Wildman–Crippen LogP) is 2.46. The van der Waals surface area contributed by atoms with Crippen LogP contribution in [0.3, 0.4) is 0 Å². The van der Waals surface area contributed by atoms with Gasteiger partial charge in [-0.05, 0) is 20.3 Å². The SMILES string of the molecule is COC(C)(C)CCOCc1cnc(Cl)cn1. The second-order valence-electron chi connectivity index (χ2n) is 4.10. The second kappa shape index (κ2) is 6.13. The lowest BCUT2D eigenvalue weighted by molar-refractivity contribution is -0.0128. The van der Waals surface area contributed by atoms with Crippen molar-refractivity contribution in [3.05, 3.63) is 23.2 Å². The maximum Gasteiger partial charge on any atom is 0.147 e. The van der Waals surface area contributed by atoms with Gasteiger partial charge in [0.2, 0.25) is 0 Å². The molecule has 0 saturated carbocycles. The van der Waals surface area contributed by atoms with Crippen LogP contribution in [0.15, 0.2) is 12.4 Å². The third-order valence-corrected chi connectivity index (χ3v) is 2.52. The highest BCUT2D eigenvalue weighted by Crippen LogP contribution is 2.13. The Morgan fingerprint density at radius 2 is 2.06 bits per heavy atom. The fraction of sp³-hybridized carbons (Fsp3) is 0.636. The molecule has 0 bridgehead atoms. The normalized spacial score (nSPS) is 11.8. The lowest BCUT2D eigenvalue weighted by Gasteiger charge is -2.22. The smallest absolute Gasteiger partial charge is 0.147 e. The molecule has 1 heterocycles. The minimum absolute atomic E-state index is 0.147. The van der Waals surface area contributed by atoms with Gasteiger partial charge in [0.15, 0.2) is 0 Å². The zero-order chi connectivity index (χ0) is 12.0. The standard InChI is InChI=1S/C11H17ClN2O2/c1-11(2,15-3)4-5-16-8-9-6-14-10(12)7-13-9/h6-7H,4-5,8H2,1-3H3. The fourth-order valence-electron chi connectivity index (χ4n) is 1.01. The summed E-state index contributed by atoms with van der Waals surface area (Å²) >= 11 is 5.62. The molecule has 0 aliphatic rings. The maximum absolute atomic E-state index is 5.62. The number of hydrogen-bond acceptors (Lipinski definition) is 4. The average Bonchev–Trinajstić information content (AvgIpc) is 2.27. The van der Waals surface area contributed by atoms with Crippen molar-refractivity contribution in [2.75, 3.05) is 13.7 Å². The van der Waals surface area contributed by atoms with E-state index in [9.17, 15) is 0 Å². The van der Waals surface area contributed by atoms with Crippen LogP contribution in [0.1, 0.15) is 26.0 Å². The summed E-state index contributed by atoms with van der Waals surface area (Å²) in [5.41, 5.74) is 0.630. The van der Waals surface area contributed by atoms with E-state index in [0.29, 0.717) is 18.4 Å². The molecular formula is C11H17ClN2O2. The van der Waals surface area contributed by atoms with E-state index in [1.807, 2.05) is 13.8 Å². The molecule has 90 valence electrons. The number of rotatable bonds is 6. The number of hydrogen-bond donors (Lipinski definition) is 0. The molecule has 0 aliphatic heterocycles. The van der Waals surface area contributed by atoms with Crippen LogP contribution in [-0.2, 0) is 16.1 Å². The summed E-state index contributed by atoms with van der Waals surface area (Å²) in [7, 11) is 1.70. The van der Waals surface area contributed by atoms with Gasteiger partial charge in [0.1, 0.15) is 5.15 Å². The largest absolute Gasteiger partial charge is 0.379 e. The van der Waals surface area contributed by atoms with Gasteiger partial charge in [0.05, 0.1) is 30.3 Å². The molecule has 0 fully saturated rings. The third-order valence-electron chi connectivity index (χ3n) is 2.32. The Hall–Kier alpha value is -0.710. The molecule has 0 spiro atoms.